The largest absolute Gasteiger partial charge is 0.543 e. The Balaban J connectivity index is 2.41. The highest BCUT2D eigenvalue weighted by molar-refractivity contribution is 6.74. The van der Waals surface area contributed by atoms with Crippen molar-refractivity contribution in [3.8, 4) is 11.5 Å². The molecule has 0 spiro atoms. The average molecular weight is 406 g/mol. The summed E-state index contributed by atoms with van der Waals surface area (Å²) in [5.41, 5.74) is 0.172. The summed E-state index contributed by atoms with van der Waals surface area (Å²) >= 11 is 0. The predicted octanol–water partition coefficient (Wildman–Crippen LogP) is 5.55. The molecule has 6 heteroatoms. The monoisotopic (exact) mass is 406 g/mol. The zero-order chi connectivity index (χ0) is 21.5. The average Bonchev–Trinajstić information content (AvgIpc) is 2.73. The molecule has 1 aromatic carbocycles. The summed E-state index contributed by atoms with van der Waals surface area (Å²) in [7, 11) is -2.41. The van der Waals surface area contributed by atoms with Crippen LogP contribution >= 0.6 is 0 Å². The van der Waals surface area contributed by atoms with Gasteiger partial charge in [-0.25, -0.2) is 0 Å². The van der Waals surface area contributed by atoms with Crippen molar-refractivity contribution >= 4 is 20.9 Å². The fourth-order valence-corrected chi connectivity index (χ4v) is 3.61. The van der Waals surface area contributed by atoms with Crippen molar-refractivity contribution in [1.29, 1.82) is 0 Å². The van der Waals surface area contributed by atoms with Crippen molar-refractivity contribution in [3.05, 3.63) is 18.2 Å². The summed E-state index contributed by atoms with van der Waals surface area (Å²) in [6, 6.07) is 6.07. The van der Waals surface area contributed by atoms with Gasteiger partial charge in [-0.2, -0.15) is 0 Å². The van der Waals surface area contributed by atoms with Crippen LogP contribution < -0.4 is 14.6 Å². The molecule has 1 atom stereocenters. The van der Waals surface area contributed by atoms with Crippen molar-refractivity contribution in [2.24, 2.45) is 0 Å². The minimum Gasteiger partial charge on any atom is -0.543 e. The standard InChI is InChI=1S/C22H39BO4Si/c1-12-16(2)24-18-13-17(23-26-21(6,7)22(8,9)27-23)14-19(15-18)25-28(10,11)20(3,4)5/h13-16H,12H2,1-11H3. The third-order valence-corrected chi connectivity index (χ3v) is 10.9. The van der Waals surface area contributed by atoms with Crippen LogP contribution in [0.2, 0.25) is 18.1 Å². The summed E-state index contributed by atoms with van der Waals surface area (Å²) in [6.07, 6.45) is 1.08. The summed E-state index contributed by atoms with van der Waals surface area (Å²) in [4.78, 5) is 0. The van der Waals surface area contributed by atoms with Gasteiger partial charge in [-0.1, -0.05) is 27.7 Å². The molecule has 1 fully saturated rings. The molecule has 0 radical (unpaired) electrons. The molecule has 0 aliphatic carbocycles. The van der Waals surface area contributed by atoms with Gasteiger partial charge in [-0.15, -0.1) is 0 Å². The molecule has 1 aliphatic heterocycles. The molecule has 1 saturated heterocycles. The van der Waals surface area contributed by atoms with Gasteiger partial charge < -0.3 is 18.5 Å². The summed E-state index contributed by atoms with van der Waals surface area (Å²) in [5, 5.41) is 0.116. The quantitative estimate of drug-likeness (QED) is 0.581. The highest BCUT2D eigenvalue weighted by atomic mass is 28.4. The van der Waals surface area contributed by atoms with Gasteiger partial charge in [0.15, 0.2) is 0 Å². The topological polar surface area (TPSA) is 36.9 Å². The lowest BCUT2D eigenvalue weighted by atomic mass is 9.79. The van der Waals surface area contributed by atoms with Gasteiger partial charge in [0.1, 0.15) is 11.5 Å². The molecule has 0 aromatic heterocycles. The highest BCUT2D eigenvalue weighted by Crippen LogP contribution is 2.39. The lowest BCUT2D eigenvalue weighted by molar-refractivity contribution is 0.00578. The van der Waals surface area contributed by atoms with E-state index in [1.54, 1.807) is 0 Å². The Morgan fingerprint density at radius 1 is 1.00 bits per heavy atom. The van der Waals surface area contributed by atoms with E-state index in [1.165, 1.54) is 0 Å². The van der Waals surface area contributed by atoms with Crippen LogP contribution in [0.3, 0.4) is 0 Å². The van der Waals surface area contributed by atoms with Gasteiger partial charge in [-0.05, 0) is 76.8 Å². The van der Waals surface area contributed by atoms with Gasteiger partial charge >= 0.3 is 7.12 Å². The zero-order valence-corrected chi connectivity index (χ0v) is 20.7. The highest BCUT2D eigenvalue weighted by Gasteiger charge is 2.52. The SMILES string of the molecule is CCC(C)Oc1cc(O[Si](C)(C)C(C)(C)C)cc(B2OC(C)(C)C(C)(C)O2)c1. The van der Waals surface area contributed by atoms with Gasteiger partial charge in [0.25, 0.3) is 0 Å². The van der Waals surface area contributed by atoms with Crippen molar-refractivity contribution in [2.75, 3.05) is 0 Å². The first kappa shape index (κ1) is 23.3. The van der Waals surface area contributed by atoms with Crippen molar-refractivity contribution in [3.63, 3.8) is 0 Å². The van der Waals surface area contributed by atoms with Crippen LogP contribution in [0, 0.1) is 0 Å². The lowest BCUT2D eigenvalue weighted by Crippen LogP contribution is -2.44. The molecule has 1 heterocycles. The van der Waals surface area contributed by atoms with E-state index < -0.39 is 15.4 Å². The maximum atomic E-state index is 6.57. The van der Waals surface area contributed by atoms with E-state index in [-0.39, 0.29) is 22.3 Å². The van der Waals surface area contributed by atoms with E-state index in [2.05, 4.69) is 75.4 Å². The van der Waals surface area contributed by atoms with E-state index in [4.69, 9.17) is 18.5 Å². The van der Waals surface area contributed by atoms with Gasteiger partial charge in [-0.3, -0.25) is 0 Å². The molecular formula is C22H39BO4Si. The Hall–Kier alpha value is -0.978. The smallest absolute Gasteiger partial charge is 0.495 e. The molecule has 1 aliphatic rings. The van der Waals surface area contributed by atoms with Gasteiger partial charge in [0, 0.05) is 6.07 Å². The third kappa shape index (κ3) is 4.95. The Morgan fingerprint density at radius 3 is 1.96 bits per heavy atom. The summed E-state index contributed by atoms with van der Waals surface area (Å²) in [6.45, 7) is 23.7. The normalized spacial score (nSPS) is 20.2. The van der Waals surface area contributed by atoms with E-state index in [0.717, 1.165) is 23.4 Å². The molecule has 0 N–H and O–H groups in total. The van der Waals surface area contributed by atoms with Crippen LogP contribution in [0.1, 0.15) is 68.7 Å². The Kier molecular flexibility index (Phi) is 6.40. The number of benzene rings is 1. The third-order valence-electron chi connectivity index (χ3n) is 6.52. The fraction of sp³-hybridized carbons (Fsp3) is 0.727. The second-order valence-electron chi connectivity index (χ2n) is 10.5. The van der Waals surface area contributed by atoms with Crippen molar-refractivity contribution in [1.82, 2.24) is 0 Å². The minimum atomic E-state index is -1.97. The Bertz CT molecular complexity index is 678. The summed E-state index contributed by atoms with van der Waals surface area (Å²) in [5.74, 6) is 1.63. The Labute approximate surface area is 173 Å². The molecule has 0 amide bonds. The molecule has 158 valence electrons. The van der Waals surface area contributed by atoms with E-state index >= 15 is 0 Å². The maximum Gasteiger partial charge on any atom is 0.495 e. The van der Waals surface area contributed by atoms with Crippen LogP contribution in [-0.4, -0.2) is 32.7 Å². The lowest BCUT2D eigenvalue weighted by Gasteiger charge is -2.36. The first-order valence-corrected chi connectivity index (χ1v) is 13.3. The zero-order valence-electron chi connectivity index (χ0n) is 19.7. The van der Waals surface area contributed by atoms with Crippen LogP contribution in [0.15, 0.2) is 18.2 Å². The molecule has 2 rings (SSSR count). The summed E-state index contributed by atoms with van der Waals surface area (Å²) < 4.78 is 25.2. The van der Waals surface area contributed by atoms with Crippen LogP contribution in [0.25, 0.3) is 0 Å². The molecule has 0 saturated carbocycles. The van der Waals surface area contributed by atoms with Crippen molar-refractivity contribution in [2.45, 2.75) is 104 Å². The number of rotatable bonds is 6. The molecule has 1 aromatic rings. The first-order chi connectivity index (χ1) is 12.6. The van der Waals surface area contributed by atoms with Crippen LogP contribution in [0.4, 0.5) is 0 Å². The van der Waals surface area contributed by atoms with Gasteiger partial charge in [0.05, 0.1) is 17.3 Å². The predicted molar refractivity (Wildman–Crippen MR) is 120 cm³/mol. The Morgan fingerprint density at radius 2 is 1.50 bits per heavy atom. The molecule has 28 heavy (non-hydrogen) atoms. The first-order valence-electron chi connectivity index (χ1n) is 10.4. The number of hydrogen-bond donors (Lipinski definition) is 0. The van der Waals surface area contributed by atoms with E-state index in [1.807, 2.05) is 18.2 Å². The molecule has 4 nitrogen and oxygen atoms in total. The van der Waals surface area contributed by atoms with Gasteiger partial charge in [0.2, 0.25) is 8.32 Å². The number of ether oxygens (including phenoxy) is 1. The van der Waals surface area contributed by atoms with Crippen LogP contribution in [-0.2, 0) is 9.31 Å². The fourth-order valence-electron chi connectivity index (χ4n) is 2.60. The second-order valence-corrected chi connectivity index (χ2v) is 15.2. The minimum absolute atomic E-state index is 0.116. The molecule has 0 bridgehead atoms. The molecule has 1 unspecified atom stereocenters. The van der Waals surface area contributed by atoms with Crippen LogP contribution in [0.5, 0.6) is 11.5 Å². The maximum absolute atomic E-state index is 6.57. The second kappa shape index (κ2) is 7.69. The van der Waals surface area contributed by atoms with E-state index in [0.29, 0.717) is 0 Å². The number of hydrogen-bond acceptors (Lipinski definition) is 4. The van der Waals surface area contributed by atoms with E-state index in [9.17, 15) is 0 Å². The molecular weight excluding hydrogens is 367 g/mol. The van der Waals surface area contributed by atoms with Crippen molar-refractivity contribution < 1.29 is 18.5 Å².